The third-order valence-electron chi connectivity index (χ3n) is 2.65. The van der Waals surface area contributed by atoms with Crippen molar-refractivity contribution >= 4 is 8.03 Å². The van der Waals surface area contributed by atoms with Crippen molar-refractivity contribution in [3.8, 4) is 0 Å². The zero-order valence-corrected chi connectivity index (χ0v) is 12.8. The number of allylic oxidation sites excluding steroid dienone is 4. The fourth-order valence-corrected chi connectivity index (χ4v) is 2.08. The normalized spacial score (nSPS) is 24.6. The van der Waals surface area contributed by atoms with Gasteiger partial charge in [-0.15, -0.1) is 12.5 Å². The predicted molar refractivity (Wildman–Crippen MR) is 46.8 cm³/mol. The van der Waals surface area contributed by atoms with E-state index in [-0.39, 0.29) is 43.4 Å². The smallest absolute Gasteiger partial charge is 1.00 e. The summed E-state index contributed by atoms with van der Waals surface area (Å²) < 4.78 is 11.0. The van der Waals surface area contributed by atoms with Gasteiger partial charge in [-0.1, -0.05) is 18.4 Å². The Bertz CT molecular complexity index is 315. The van der Waals surface area contributed by atoms with Crippen molar-refractivity contribution in [1.29, 1.82) is 0 Å². The van der Waals surface area contributed by atoms with Gasteiger partial charge in [-0.05, 0) is 6.92 Å². The molecule has 0 saturated heterocycles. The fourth-order valence-electron chi connectivity index (χ4n) is 1.38. The van der Waals surface area contributed by atoms with Crippen LogP contribution in [0, 0.1) is 6.08 Å². The Kier molecular flexibility index (Phi) is 9.98. The van der Waals surface area contributed by atoms with E-state index in [2.05, 4.69) is 6.08 Å². The van der Waals surface area contributed by atoms with E-state index >= 15 is 0 Å². The topological polar surface area (TPSA) is 40.1 Å². The van der Waals surface area contributed by atoms with Gasteiger partial charge < -0.3 is 29.7 Å². The van der Waals surface area contributed by atoms with Crippen LogP contribution in [0.15, 0.2) is 16.7 Å². The zero-order chi connectivity index (χ0) is 9.52. The summed E-state index contributed by atoms with van der Waals surface area (Å²) in [6.07, 6.45) is 2.98. The Labute approximate surface area is 116 Å². The van der Waals surface area contributed by atoms with E-state index in [4.69, 9.17) is 0 Å². The third-order valence-corrected chi connectivity index (χ3v) is 3.83. The summed E-state index contributed by atoms with van der Waals surface area (Å²) in [4.78, 5) is 11.0. The molecule has 0 aliphatic heterocycles. The van der Waals surface area contributed by atoms with Gasteiger partial charge in [-0.25, -0.2) is 11.6 Å². The Morgan fingerprint density at radius 1 is 1.27 bits per heavy atom. The summed E-state index contributed by atoms with van der Waals surface area (Å²) in [6, 6.07) is 0. The van der Waals surface area contributed by atoms with Gasteiger partial charge in [-0.2, -0.15) is 5.57 Å². The second-order valence-electron chi connectivity index (χ2n) is 3.33. The Hall–Kier alpha value is 0.704. The maximum atomic E-state index is 11.0. The Balaban J connectivity index is -0.000000480. The van der Waals surface area contributed by atoms with Crippen LogP contribution in [-0.4, -0.2) is 5.16 Å². The van der Waals surface area contributed by atoms with Crippen molar-refractivity contribution in [3.05, 3.63) is 22.8 Å². The van der Waals surface area contributed by atoms with Crippen LogP contribution in [0.2, 0.25) is 0 Å². The molecule has 0 N–H and O–H groups in total. The van der Waals surface area contributed by atoms with E-state index in [1.807, 2.05) is 20.8 Å². The van der Waals surface area contributed by atoms with Gasteiger partial charge in [0.05, 0.1) is 0 Å². The average molecular weight is 305 g/mol. The van der Waals surface area contributed by atoms with Crippen molar-refractivity contribution in [2.45, 2.75) is 32.9 Å². The summed E-state index contributed by atoms with van der Waals surface area (Å²) in [5, 5.41) is -0.858. The van der Waals surface area contributed by atoms with E-state index < -0.39 is 13.2 Å². The van der Waals surface area contributed by atoms with Crippen LogP contribution >= 0.6 is 8.03 Å². The van der Waals surface area contributed by atoms with Gasteiger partial charge in [0, 0.05) is 0 Å². The summed E-state index contributed by atoms with van der Waals surface area (Å²) in [5.41, 5.74) is 2.90. The SMILES string of the molecule is CC1=[C-]C(C)([P+](=O)[O-])C(C)=C1C.[Cl-].[Cl-].[V+2]. The van der Waals surface area contributed by atoms with Gasteiger partial charge in [0.25, 0.3) is 0 Å². The van der Waals surface area contributed by atoms with Gasteiger partial charge in [0.1, 0.15) is 5.16 Å². The van der Waals surface area contributed by atoms with Crippen molar-refractivity contribution in [3.63, 3.8) is 0 Å². The van der Waals surface area contributed by atoms with Crippen LogP contribution < -0.4 is 29.7 Å². The Morgan fingerprint density at radius 3 is 1.80 bits per heavy atom. The van der Waals surface area contributed by atoms with Crippen LogP contribution in [-0.2, 0) is 23.1 Å². The first kappa shape index (κ1) is 21.0. The zero-order valence-electron chi connectivity index (χ0n) is 8.97. The first-order chi connectivity index (χ1) is 5.39. The molecule has 0 aromatic rings. The quantitative estimate of drug-likeness (QED) is 0.365. The van der Waals surface area contributed by atoms with Crippen LogP contribution in [0.5, 0.6) is 0 Å². The maximum absolute atomic E-state index is 11.0. The Morgan fingerprint density at radius 2 is 1.67 bits per heavy atom. The fraction of sp³-hybridized carbons (Fsp3) is 0.556. The van der Waals surface area contributed by atoms with Gasteiger partial charge >= 0.3 is 26.6 Å². The molecule has 0 heterocycles. The molecule has 0 fully saturated rings. The molecule has 1 aliphatic rings. The van der Waals surface area contributed by atoms with E-state index in [1.165, 1.54) is 0 Å². The van der Waals surface area contributed by atoms with Crippen LogP contribution in [0.4, 0.5) is 0 Å². The van der Waals surface area contributed by atoms with Crippen molar-refractivity contribution in [2.24, 2.45) is 0 Å². The first-order valence-electron chi connectivity index (χ1n) is 3.84. The summed E-state index contributed by atoms with van der Waals surface area (Å²) in [7, 11) is -2.47. The summed E-state index contributed by atoms with van der Waals surface area (Å²) in [6.45, 7) is 7.36. The number of halogens is 2. The van der Waals surface area contributed by atoms with E-state index in [0.29, 0.717) is 0 Å². The first-order valence-corrected chi connectivity index (χ1v) is 5.02. The van der Waals surface area contributed by atoms with Crippen molar-refractivity contribution in [1.82, 2.24) is 0 Å². The minimum absolute atomic E-state index is 0. The molecule has 0 aromatic heterocycles. The molecule has 2 atom stereocenters. The second kappa shape index (κ2) is 7.11. The monoisotopic (exact) mass is 304 g/mol. The van der Waals surface area contributed by atoms with Gasteiger partial charge in [-0.3, -0.25) is 0 Å². The van der Waals surface area contributed by atoms with E-state index in [9.17, 15) is 9.46 Å². The molecule has 0 aromatic carbocycles. The molecule has 0 amide bonds. The minimum Gasteiger partial charge on any atom is -1.00 e. The molecule has 2 unspecified atom stereocenters. The van der Waals surface area contributed by atoms with Gasteiger partial charge in [0.15, 0.2) is 0 Å². The summed E-state index contributed by atoms with van der Waals surface area (Å²) >= 11 is 0. The van der Waals surface area contributed by atoms with Crippen LogP contribution in [0.25, 0.3) is 0 Å². The predicted octanol–water partition coefficient (Wildman–Crippen LogP) is -4.05. The van der Waals surface area contributed by atoms with E-state index in [1.54, 1.807) is 6.92 Å². The largest absolute Gasteiger partial charge is 2.00 e. The third kappa shape index (κ3) is 3.59. The molecule has 6 heteroatoms. The molecule has 0 saturated carbocycles. The molecule has 0 bridgehead atoms. The second-order valence-corrected chi connectivity index (χ2v) is 4.74. The molecular weight excluding hydrogens is 293 g/mol. The number of hydrogen-bond donors (Lipinski definition) is 0. The summed E-state index contributed by atoms with van der Waals surface area (Å²) in [5.74, 6) is 0. The number of hydrogen-bond acceptors (Lipinski definition) is 2. The van der Waals surface area contributed by atoms with Crippen LogP contribution in [0.1, 0.15) is 27.7 Å². The van der Waals surface area contributed by atoms with Gasteiger partial charge in [0.2, 0.25) is 0 Å². The molecule has 2 nitrogen and oxygen atoms in total. The maximum Gasteiger partial charge on any atom is 2.00 e. The minimum atomic E-state index is -2.47. The van der Waals surface area contributed by atoms with Crippen molar-refractivity contribution in [2.75, 3.05) is 0 Å². The molecular formula is C9H12Cl2O2PV-. The molecule has 15 heavy (non-hydrogen) atoms. The molecule has 85 valence electrons. The molecule has 0 spiro atoms. The molecule has 1 aliphatic carbocycles. The van der Waals surface area contributed by atoms with E-state index in [0.717, 1.165) is 16.7 Å². The molecule has 1 rings (SSSR count). The number of rotatable bonds is 1. The van der Waals surface area contributed by atoms with Crippen molar-refractivity contribution < 1.29 is 52.8 Å². The molecule has 1 radical (unpaired) electrons. The van der Waals surface area contributed by atoms with Crippen LogP contribution in [0.3, 0.4) is 0 Å². The standard InChI is InChI=1S/C9H12O2P.2ClH.V/c1-6-5-9(4,12(10)11)8(3)7(6)2;;;/h1-4H3;2*1H;/q-1;;;+2/p-2. The average Bonchev–Trinajstić information content (AvgIpc) is 2.17.